The molecule has 0 saturated carbocycles. The highest BCUT2D eigenvalue weighted by Crippen LogP contribution is 2.09. The standard InChI is InChI=1S/C19H38N2O2S/c1-2-3-4-5-6-10-13-16-19-24(22,23)21-18-15-12-9-7-8-11-14-17-20/h21H,2-16,18-19H2,1H3. The molecule has 0 saturated heterocycles. The van der Waals surface area contributed by atoms with Gasteiger partial charge < -0.3 is 0 Å². The molecule has 142 valence electrons. The zero-order chi connectivity index (χ0) is 17.9. The van der Waals surface area contributed by atoms with E-state index >= 15 is 0 Å². The van der Waals surface area contributed by atoms with E-state index in [1.54, 1.807) is 0 Å². The molecule has 0 radical (unpaired) electrons. The molecule has 0 bridgehead atoms. The van der Waals surface area contributed by atoms with Crippen molar-refractivity contribution in [2.24, 2.45) is 0 Å². The fourth-order valence-electron chi connectivity index (χ4n) is 2.76. The van der Waals surface area contributed by atoms with Gasteiger partial charge in [0.1, 0.15) is 0 Å². The van der Waals surface area contributed by atoms with Crippen LogP contribution < -0.4 is 4.72 Å². The molecule has 0 aromatic rings. The lowest BCUT2D eigenvalue weighted by Gasteiger charge is -2.07. The Morgan fingerprint density at radius 1 is 0.750 bits per heavy atom. The van der Waals surface area contributed by atoms with Gasteiger partial charge in [0.2, 0.25) is 10.0 Å². The van der Waals surface area contributed by atoms with Gasteiger partial charge in [0.25, 0.3) is 0 Å². The molecule has 1 N–H and O–H groups in total. The zero-order valence-electron chi connectivity index (χ0n) is 15.7. The number of nitrogens with one attached hydrogen (secondary N) is 1. The smallest absolute Gasteiger partial charge is 0.211 e. The average Bonchev–Trinajstić information content (AvgIpc) is 2.55. The molecule has 0 heterocycles. The predicted octanol–water partition coefficient (Wildman–Crippen LogP) is 5.30. The molecule has 0 aromatic carbocycles. The number of rotatable bonds is 18. The number of hydrogen-bond acceptors (Lipinski definition) is 3. The van der Waals surface area contributed by atoms with Crippen molar-refractivity contribution in [2.75, 3.05) is 12.3 Å². The van der Waals surface area contributed by atoms with Crippen molar-refractivity contribution in [1.82, 2.24) is 4.72 Å². The Bertz CT molecular complexity index is 402. The second-order valence-corrected chi connectivity index (χ2v) is 8.64. The molecular weight excluding hydrogens is 320 g/mol. The summed E-state index contributed by atoms with van der Waals surface area (Å²) in [5, 5.41) is 8.44. The molecule has 0 aliphatic carbocycles. The molecule has 0 aliphatic heterocycles. The molecule has 0 rings (SSSR count). The largest absolute Gasteiger partial charge is 0.215 e. The van der Waals surface area contributed by atoms with Crippen LogP contribution >= 0.6 is 0 Å². The summed E-state index contributed by atoms with van der Waals surface area (Å²) < 4.78 is 26.5. The Morgan fingerprint density at radius 2 is 1.25 bits per heavy atom. The number of sulfonamides is 1. The molecule has 24 heavy (non-hydrogen) atoms. The van der Waals surface area contributed by atoms with Gasteiger partial charge in [-0.3, -0.25) is 0 Å². The first-order chi connectivity index (χ1) is 11.6. The molecule has 0 unspecified atom stereocenters. The Kier molecular flexibility index (Phi) is 16.8. The zero-order valence-corrected chi connectivity index (χ0v) is 16.5. The fraction of sp³-hybridized carbons (Fsp3) is 0.947. The lowest BCUT2D eigenvalue weighted by molar-refractivity contribution is 0.556. The average molecular weight is 359 g/mol. The van der Waals surface area contributed by atoms with Crippen molar-refractivity contribution < 1.29 is 8.42 Å². The summed E-state index contributed by atoms with van der Waals surface area (Å²) in [7, 11) is -3.07. The van der Waals surface area contributed by atoms with Gasteiger partial charge in [0.05, 0.1) is 11.8 Å². The van der Waals surface area contributed by atoms with E-state index in [4.69, 9.17) is 5.26 Å². The van der Waals surface area contributed by atoms with Crippen molar-refractivity contribution in [2.45, 2.75) is 103 Å². The van der Waals surface area contributed by atoms with Gasteiger partial charge >= 0.3 is 0 Å². The van der Waals surface area contributed by atoms with Crippen LogP contribution in [0.3, 0.4) is 0 Å². The first kappa shape index (κ1) is 23.4. The van der Waals surface area contributed by atoms with Crippen molar-refractivity contribution in [3.05, 3.63) is 0 Å². The molecule has 0 atom stereocenters. The second kappa shape index (κ2) is 17.2. The number of unbranched alkanes of at least 4 members (excludes halogenated alkanes) is 13. The van der Waals surface area contributed by atoms with Gasteiger partial charge in [-0.2, -0.15) is 5.26 Å². The van der Waals surface area contributed by atoms with E-state index in [1.807, 2.05) is 0 Å². The predicted molar refractivity (Wildman–Crippen MR) is 102 cm³/mol. The van der Waals surface area contributed by atoms with Gasteiger partial charge in [-0.15, -0.1) is 0 Å². The molecule has 5 heteroatoms. The van der Waals surface area contributed by atoms with Crippen LogP contribution in [0.4, 0.5) is 0 Å². The Balaban J connectivity index is 3.38. The lowest BCUT2D eigenvalue weighted by Crippen LogP contribution is -2.27. The highest BCUT2D eigenvalue weighted by molar-refractivity contribution is 7.89. The molecule has 0 aromatic heterocycles. The van der Waals surface area contributed by atoms with E-state index in [9.17, 15) is 8.42 Å². The van der Waals surface area contributed by atoms with Crippen LogP contribution in [0.2, 0.25) is 0 Å². The monoisotopic (exact) mass is 358 g/mol. The van der Waals surface area contributed by atoms with Gasteiger partial charge in [-0.25, -0.2) is 13.1 Å². The SMILES string of the molecule is CCCCCCCCCCS(=O)(=O)NCCCCCCCCC#N. The molecule has 0 amide bonds. The number of nitrogens with zero attached hydrogens (tertiary/aromatic N) is 1. The van der Waals surface area contributed by atoms with Crippen molar-refractivity contribution in [3.8, 4) is 6.07 Å². The van der Waals surface area contributed by atoms with Crippen LogP contribution in [0, 0.1) is 11.3 Å². The van der Waals surface area contributed by atoms with Gasteiger partial charge in [0, 0.05) is 13.0 Å². The van der Waals surface area contributed by atoms with E-state index in [1.165, 1.54) is 32.1 Å². The van der Waals surface area contributed by atoms with Crippen molar-refractivity contribution in [1.29, 1.82) is 5.26 Å². The van der Waals surface area contributed by atoms with E-state index in [0.717, 1.165) is 57.8 Å². The van der Waals surface area contributed by atoms with Crippen LogP contribution in [-0.4, -0.2) is 20.7 Å². The van der Waals surface area contributed by atoms with Crippen molar-refractivity contribution >= 4 is 10.0 Å². The summed E-state index contributed by atoms with van der Waals surface area (Å²) in [6.45, 7) is 2.78. The third-order valence-electron chi connectivity index (χ3n) is 4.30. The normalized spacial score (nSPS) is 11.5. The second-order valence-electron chi connectivity index (χ2n) is 6.72. The molecule has 0 aliphatic rings. The van der Waals surface area contributed by atoms with E-state index < -0.39 is 10.0 Å². The molecule has 4 nitrogen and oxygen atoms in total. The lowest BCUT2D eigenvalue weighted by atomic mass is 10.1. The highest BCUT2D eigenvalue weighted by Gasteiger charge is 2.08. The quantitative estimate of drug-likeness (QED) is 0.338. The number of nitriles is 1. The minimum Gasteiger partial charge on any atom is -0.215 e. The van der Waals surface area contributed by atoms with Gasteiger partial charge in [0.15, 0.2) is 0 Å². The molecule has 0 spiro atoms. The molecular formula is C19H38N2O2S. The Hall–Kier alpha value is -0.600. The minimum absolute atomic E-state index is 0.274. The number of hydrogen-bond donors (Lipinski definition) is 1. The van der Waals surface area contributed by atoms with Crippen LogP contribution in [0.25, 0.3) is 0 Å². The van der Waals surface area contributed by atoms with Crippen LogP contribution in [0.5, 0.6) is 0 Å². The maximum Gasteiger partial charge on any atom is 0.211 e. The summed E-state index contributed by atoms with van der Waals surface area (Å²) in [6.07, 6.45) is 16.4. The topological polar surface area (TPSA) is 70.0 Å². The summed E-state index contributed by atoms with van der Waals surface area (Å²) in [6, 6.07) is 2.15. The maximum absolute atomic E-state index is 11.9. The third-order valence-corrected chi connectivity index (χ3v) is 5.77. The summed E-state index contributed by atoms with van der Waals surface area (Å²) >= 11 is 0. The summed E-state index contributed by atoms with van der Waals surface area (Å²) in [5.74, 6) is 0.274. The van der Waals surface area contributed by atoms with Gasteiger partial charge in [-0.1, -0.05) is 77.6 Å². The Morgan fingerprint density at radius 3 is 1.83 bits per heavy atom. The minimum atomic E-state index is -3.07. The van der Waals surface area contributed by atoms with Crippen LogP contribution in [0.1, 0.15) is 103 Å². The summed E-state index contributed by atoms with van der Waals surface area (Å²) in [4.78, 5) is 0. The fourth-order valence-corrected chi connectivity index (χ4v) is 3.95. The van der Waals surface area contributed by atoms with E-state index in [0.29, 0.717) is 13.0 Å². The van der Waals surface area contributed by atoms with Crippen molar-refractivity contribution in [3.63, 3.8) is 0 Å². The Labute approximate surface area is 150 Å². The van der Waals surface area contributed by atoms with Crippen LogP contribution in [-0.2, 0) is 10.0 Å². The van der Waals surface area contributed by atoms with Gasteiger partial charge in [-0.05, 0) is 19.3 Å². The first-order valence-corrected chi connectivity index (χ1v) is 11.6. The highest BCUT2D eigenvalue weighted by atomic mass is 32.2. The van der Waals surface area contributed by atoms with E-state index in [2.05, 4.69) is 17.7 Å². The van der Waals surface area contributed by atoms with Crippen LogP contribution in [0.15, 0.2) is 0 Å². The third kappa shape index (κ3) is 17.7. The van der Waals surface area contributed by atoms with E-state index in [-0.39, 0.29) is 5.75 Å². The maximum atomic E-state index is 11.9. The summed E-state index contributed by atoms with van der Waals surface area (Å²) in [5.41, 5.74) is 0. The molecule has 0 fully saturated rings. The first-order valence-electron chi connectivity index (χ1n) is 9.96.